The van der Waals surface area contributed by atoms with E-state index in [9.17, 15) is 22.0 Å². The zero-order chi connectivity index (χ0) is 20.3. The second-order valence-electron chi connectivity index (χ2n) is 6.82. The first-order valence-corrected chi connectivity index (χ1v) is 11.3. The van der Waals surface area contributed by atoms with Gasteiger partial charge in [-0.2, -0.15) is 0 Å². The Labute approximate surface area is 166 Å². The molecule has 1 unspecified atom stereocenters. The zero-order valence-corrected chi connectivity index (χ0v) is 17.0. The molecule has 0 spiro atoms. The molecule has 2 aromatic rings. The third kappa shape index (κ3) is 5.33. The fraction of sp³-hybridized carbons (Fsp3) is 0.444. The van der Waals surface area contributed by atoms with Crippen LogP contribution in [0.2, 0.25) is 0 Å². The highest BCUT2D eigenvalue weighted by molar-refractivity contribution is 7.88. The molecule has 3 rings (SSSR count). The minimum absolute atomic E-state index is 0.0381. The summed E-state index contributed by atoms with van der Waals surface area (Å²) in [5, 5.41) is 5.37. The third-order valence-corrected chi connectivity index (χ3v) is 7.36. The Kier molecular flexibility index (Phi) is 6.41. The van der Waals surface area contributed by atoms with E-state index >= 15 is 0 Å². The number of hydrogen-bond donors (Lipinski definition) is 1. The summed E-state index contributed by atoms with van der Waals surface area (Å²) in [7, 11) is -3.71. The smallest absolute Gasteiger partial charge is 0.218 e. The first-order chi connectivity index (χ1) is 13.2. The number of rotatable bonds is 6. The predicted octanol–water partition coefficient (Wildman–Crippen LogP) is 2.77. The molecule has 1 N–H and O–H groups in total. The molecule has 0 bridgehead atoms. The normalized spacial score (nSPS) is 18.2. The number of piperidine rings is 1. The highest BCUT2D eigenvalue weighted by Crippen LogP contribution is 2.31. The summed E-state index contributed by atoms with van der Waals surface area (Å²) in [5.41, 5.74) is 0.830. The Balaban J connectivity index is 1.69. The maximum Gasteiger partial charge on any atom is 0.218 e. The van der Waals surface area contributed by atoms with Gasteiger partial charge in [0.25, 0.3) is 0 Å². The van der Waals surface area contributed by atoms with Crippen molar-refractivity contribution in [3.63, 3.8) is 0 Å². The average molecular weight is 430 g/mol. The molecule has 1 atom stereocenters. The predicted molar refractivity (Wildman–Crippen MR) is 102 cm³/mol. The van der Waals surface area contributed by atoms with Crippen LogP contribution in [0.25, 0.3) is 0 Å². The molecule has 0 radical (unpaired) electrons. The SMILES string of the molecule is CC(=O)NCc1csc(C2CCCN(S(=O)(=O)Cc3cc(F)cc(F)c3)C2)n1. The number of sulfonamides is 1. The molecule has 0 saturated carbocycles. The number of amides is 1. The van der Waals surface area contributed by atoms with Crippen LogP contribution >= 0.6 is 11.3 Å². The van der Waals surface area contributed by atoms with Gasteiger partial charge in [-0.25, -0.2) is 26.5 Å². The van der Waals surface area contributed by atoms with Crippen molar-refractivity contribution in [3.05, 3.63) is 51.5 Å². The molecule has 6 nitrogen and oxygen atoms in total. The lowest BCUT2D eigenvalue weighted by atomic mass is 10.0. The molecule has 1 aliphatic heterocycles. The first kappa shape index (κ1) is 20.8. The van der Waals surface area contributed by atoms with Gasteiger partial charge in [0, 0.05) is 37.4 Å². The zero-order valence-electron chi connectivity index (χ0n) is 15.3. The molecular formula is C18H21F2N3O3S2. The van der Waals surface area contributed by atoms with Gasteiger partial charge in [-0.1, -0.05) is 0 Å². The fourth-order valence-corrected chi connectivity index (χ4v) is 5.73. The van der Waals surface area contributed by atoms with Gasteiger partial charge >= 0.3 is 0 Å². The Morgan fingerprint density at radius 1 is 1.32 bits per heavy atom. The van der Waals surface area contributed by atoms with Crippen molar-refractivity contribution in [2.75, 3.05) is 13.1 Å². The van der Waals surface area contributed by atoms with Gasteiger partial charge in [0.15, 0.2) is 0 Å². The second kappa shape index (κ2) is 8.62. The number of nitrogens with one attached hydrogen (secondary N) is 1. The minimum atomic E-state index is -3.71. The number of aromatic nitrogens is 1. The number of carbonyl (C=O) groups excluding carboxylic acids is 1. The van der Waals surface area contributed by atoms with Crippen molar-refractivity contribution in [2.24, 2.45) is 0 Å². The summed E-state index contributed by atoms with van der Waals surface area (Å²) in [5.74, 6) is -2.21. The van der Waals surface area contributed by atoms with E-state index < -0.39 is 27.4 Å². The van der Waals surface area contributed by atoms with Crippen molar-refractivity contribution >= 4 is 27.3 Å². The van der Waals surface area contributed by atoms with E-state index in [0.29, 0.717) is 25.6 Å². The first-order valence-electron chi connectivity index (χ1n) is 8.84. The van der Waals surface area contributed by atoms with Crippen LogP contribution in [0.1, 0.15) is 41.9 Å². The van der Waals surface area contributed by atoms with Crippen molar-refractivity contribution < 1.29 is 22.0 Å². The van der Waals surface area contributed by atoms with Crippen LogP contribution in [0.4, 0.5) is 8.78 Å². The molecule has 1 amide bonds. The van der Waals surface area contributed by atoms with Crippen LogP contribution < -0.4 is 5.32 Å². The number of thiazole rings is 1. The number of hydrogen-bond acceptors (Lipinski definition) is 5. The van der Waals surface area contributed by atoms with Gasteiger partial charge in [-0.15, -0.1) is 11.3 Å². The van der Waals surface area contributed by atoms with E-state index in [1.807, 2.05) is 5.38 Å². The maximum atomic E-state index is 13.4. The van der Waals surface area contributed by atoms with Gasteiger partial charge in [-0.3, -0.25) is 4.79 Å². The quantitative estimate of drug-likeness (QED) is 0.766. The van der Waals surface area contributed by atoms with E-state index in [4.69, 9.17) is 0 Å². The molecule has 1 saturated heterocycles. The van der Waals surface area contributed by atoms with Gasteiger partial charge in [0.2, 0.25) is 15.9 Å². The summed E-state index contributed by atoms with van der Waals surface area (Å²) in [6.45, 7) is 2.43. The van der Waals surface area contributed by atoms with Crippen LogP contribution in [-0.2, 0) is 27.1 Å². The van der Waals surface area contributed by atoms with Gasteiger partial charge in [0.05, 0.1) is 23.0 Å². The van der Waals surface area contributed by atoms with Crippen LogP contribution in [0, 0.1) is 11.6 Å². The summed E-state index contributed by atoms with van der Waals surface area (Å²) >= 11 is 1.45. The summed E-state index contributed by atoms with van der Waals surface area (Å²) in [6, 6.07) is 2.79. The summed E-state index contributed by atoms with van der Waals surface area (Å²) in [4.78, 5) is 15.5. The molecule has 1 aliphatic rings. The van der Waals surface area contributed by atoms with E-state index in [-0.39, 0.29) is 23.9 Å². The highest BCUT2D eigenvalue weighted by Gasteiger charge is 2.31. The molecule has 152 valence electrons. The highest BCUT2D eigenvalue weighted by atomic mass is 32.2. The lowest BCUT2D eigenvalue weighted by molar-refractivity contribution is -0.119. The summed E-state index contributed by atoms with van der Waals surface area (Å²) < 4.78 is 53.6. The number of benzene rings is 1. The van der Waals surface area contributed by atoms with E-state index in [1.54, 1.807) is 0 Å². The lowest BCUT2D eigenvalue weighted by Crippen LogP contribution is -2.39. The van der Waals surface area contributed by atoms with Gasteiger partial charge < -0.3 is 5.32 Å². The Morgan fingerprint density at radius 3 is 2.71 bits per heavy atom. The Bertz CT molecular complexity index is 942. The van der Waals surface area contributed by atoms with Crippen molar-refractivity contribution in [1.82, 2.24) is 14.6 Å². The van der Waals surface area contributed by atoms with E-state index in [0.717, 1.165) is 29.3 Å². The number of nitrogens with zero attached hydrogens (tertiary/aromatic N) is 2. The molecule has 1 fully saturated rings. The van der Waals surface area contributed by atoms with E-state index in [2.05, 4.69) is 10.3 Å². The fourth-order valence-electron chi connectivity index (χ4n) is 3.20. The molecule has 2 heterocycles. The standard InChI is InChI=1S/C18H21F2N3O3S2/c1-12(24)21-8-17-10-27-18(22-17)14-3-2-4-23(9-14)28(25,26)11-13-5-15(19)7-16(20)6-13/h5-7,10,14H,2-4,8-9,11H2,1H3,(H,21,24). The molecule has 10 heteroatoms. The maximum absolute atomic E-state index is 13.4. The second-order valence-corrected chi connectivity index (χ2v) is 9.68. The molecule has 28 heavy (non-hydrogen) atoms. The Hall–Kier alpha value is -1.91. The van der Waals surface area contributed by atoms with Crippen LogP contribution in [0.15, 0.2) is 23.6 Å². The van der Waals surface area contributed by atoms with Crippen molar-refractivity contribution in [3.8, 4) is 0 Å². The molecule has 1 aromatic heterocycles. The lowest BCUT2D eigenvalue weighted by Gasteiger charge is -2.31. The largest absolute Gasteiger partial charge is 0.351 e. The Morgan fingerprint density at radius 2 is 2.04 bits per heavy atom. The average Bonchev–Trinajstić information content (AvgIpc) is 3.08. The minimum Gasteiger partial charge on any atom is -0.351 e. The van der Waals surface area contributed by atoms with Crippen LogP contribution in [0.3, 0.4) is 0 Å². The van der Waals surface area contributed by atoms with Crippen molar-refractivity contribution in [1.29, 1.82) is 0 Å². The summed E-state index contributed by atoms with van der Waals surface area (Å²) in [6.07, 6.45) is 1.50. The van der Waals surface area contributed by atoms with Crippen LogP contribution in [0.5, 0.6) is 0 Å². The van der Waals surface area contributed by atoms with Crippen molar-refractivity contribution in [2.45, 2.75) is 38.0 Å². The molecule has 1 aromatic carbocycles. The van der Waals surface area contributed by atoms with E-state index in [1.165, 1.54) is 22.6 Å². The monoisotopic (exact) mass is 429 g/mol. The topological polar surface area (TPSA) is 79.4 Å². The molecular weight excluding hydrogens is 408 g/mol. The third-order valence-electron chi connectivity index (χ3n) is 4.49. The van der Waals surface area contributed by atoms with Crippen LogP contribution in [-0.4, -0.2) is 36.7 Å². The number of halogens is 2. The van der Waals surface area contributed by atoms with Gasteiger partial charge in [-0.05, 0) is 30.5 Å². The number of carbonyl (C=O) groups is 1. The molecule has 0 aliphatic carbocycles. The van der Waals surface area contributed by atoms with Gasteiger partial charge in [0.1, 0.15) is 11.6 Å².